The lowest BCUT2D eigenvalue weighted by Crippen LogP contribution is -2.26. The lowest BCUT2D eigenvalue weighted by molar-refractivity contribution is 0.0941. The van der Waals surface area contributed by atoms with Crippen LogP contribution in [0.25, 0.3) is 0 Å². The molecule has 0 aromatic heterocycles. The molecular weight excluding hydrogens is 247 g/mol. The van der Waals surface area contributed by atoms with Crippen molar-refractivity contribution in [3.63, 3.8) is 0 Å². The number of rotatable bonds is 8. The Morgan fingerprint density at radius 2 is 2.11 bits per heavy atom. The largest absolute Gasteiger partial charge is 0.398 e. The highest BCUT2D eigenvalue weighted by Gasteiger charge is 2.09. The molecular formula is C14H21FN2O2. The molecule has 0 aliphatic rings. The van der Waals surface area contributed by atoms with Crippen LogP contribution in [0.15, 0.2) is 18.2 Å². The zero-order valence-electron chi connectivity index (χ0n) is 11.2. The number of anilines is 1. The van der Waals surface area contributed by atoms with E-state index in [9.17, 15) is 9.18 Å². The molecule has 0 saturated carbocycles. The predicted molar refractivity (Wildman–Crippen MR) is 73.5 cm³/mol. The molecule has 0 radical (unpaired) electrons. The highest BCUT2D eigenvalue weighted by molar-refractivity contribution is 5.99. The van der Waals surface area contributed by atoms with Crippen LogP contribution in [0.1, 0.15) is 36.5 Å². The van der Waals surface area contributed by atoms with Crippen molar-refractivity contribution in [2.45, 2.75) is 26.2 Å². The van der Waals surface area contributed by atoms with E-state index < -0.39 is 5.82 Å². The van der Waals surface area contributed by atoms with Gasteiger partial charge in [0.1, 0.15) is 5.82 Å². The molecule has 3 N–H and O–H groups in total. The van der Waals surface area contributed by atoms with E-state index in [1.54, 1.807) is 0 Å². The van der Waals surface area contributed by atoms with Crippen LogP contribution in [0, 0.1) is 5.82 Å². The number of amides is 1. The van der Waals surface area contributed by atoms with Crippen LogP contribution in [0.2, 0.25) is 0 Å². The summed E-state index contributed by atoms with van der Waals surface area (Å²) in [7, 11) is 0. The Kier molecular flexibility index (Phi) is 6.89. The molecule has 1 aromatic carbocycles. The number of carbonyl (C=O) groups is 1. The highest BCUT2D eigenvalue weighted by Crippen LogP contribution is 2.12. The Morgan fingerprint density at radius 3 is 2.84 bits per heavy atom. The number of nitrogen functional groups attached to an aromatic ring is 1. The first kappa shape index (κ1) is 15.4. The van der Waals surface area contributed by atoms with Crippen molar-refractivity contribution < 1.29 is 13.9 Å². The van der Waals surface area contributed by atoms with Crippen LogP contribution in [0.3, 0.4) is 0 Å². The van der Waals surface area contributed by atoms with Gasteiger partial charge in [0.15, 0.2) is 0 Å². The molecule has 0 fully saturated rings. The maximum Gasteiger partial charge on any atom is 0.253 e. The normalized spacial score (nSPS) is 10.4. The van der Waals surface area contributed by atoms with Gasteiger partial charge in [0.05, 0.1) is 5.56 Å². The first-order valence-corrected chi connectivity index (χ1v) is 6.56. The van der Waals surface area contributed by atoms with Crippen molar-refractivity contribution in [1.29, 1.82) is 0 Å². The van der Waals surface area contributed by atoms with E-state index in [1.807, 2.05) is 0 Å². The van der Waals surface area contributed by atoms with E-state index in [-0.39, 0.29) is 17.2 Å². The van der Waals surface area contributed by atoms with E-state index in [1.165, 1.54) is 12.1 Å². The minimum Gasteiger partial charge on any atom is -0.398 e. The summed E-state index contributed by atoms with van der Waals surface area (Å²) in [6.45, 7) is 3.95. The van der Waals surface area contributed by atoms with E-state index in [0.717, 1.165) is 31.9 Å². The summed E-state index contributed by atoms with van der Waals surface area (Å²) < 4.78 is 18.4. The number of unbranched alkanes of at least 4 members (excludes halogenated alkanes) is 1. The van der Waals surface area contributed by atoms with Crippen molar-refractivity contribution in [3.8, 4) is 0 Å². The van der Waals surface area contributed by atoms with Gasteiger partial charge in [0.25, 0.3) is 5.91 Å². The molecule has 1 amide bonds. The third kappa shape index (κ3) is 5.70. The van der Waals surface area contributed by atoms with Crippen molar-refractivity contribution >= 4 is 11.6 Å². The maximum absolute atomic E-state index is 13.0. The van der Waals surface area contributed by atoms with Crippen molar-refractivity contribution in [2.24, 2.45) is 0 Å². The Morgan fingerprint density at radius 1 is 1.37 bits per heavy atom. The molecule has 0 aliphatic heterocycles. The average molecular weight is 268 g/mol. The minimum atomic E-state index is -0.470. The summed E-state index contributed by atoms with van der Waals surface area (Å²) >= 11 is 0. The van der Waals surface area contributed by atoms with Crippen molar-refractivity contribution in [3.05, 3.63) is 29.6 Å². The topological polar surface area (TPSA) is 64.3 Å². The standard InChI is InChI=1S/C14H21FN2O2/c1-2-3-8-19-9-4-7-17-14(18)12-10-11(15)5-6-13(12)16/h5-6,10H,2-4,7-9,16H2,1H3,(H,17,18). The smallest absolute Gasteiger partial charge is 0.253 e. The van der Waals surface area contributed by atoms with Gasteiger partial charge in [-0.15, -0.1) is 0 Å². The SMILES string of the molecule is CCCCOCCCNC(=O)c1cc(F)ccc1N. The van der Waals surface area contributed by atoms with Crippen molar-refractivity contribution in [1.82, 2.24) is 5.32 Å². The van der Waals surface area contributed by atoms with Gasteiger partial charge < -0.3 is 15.8 Å². The summed E-state index contributed by atoms with van der Waals surface area (Å²) in [5.74, 6) is -0.826. The first-order valence-electron chi connectivity index (χ1n) is 6.56. The van der Waals surface area contributed by atoms with Gasteiger partial charge in [0.2, 0.25) is 0 Å². The number of hydrogen-bond acceptors (Lipinski definition) is 3. The number of halogens is 1. The Labute approximate surface area is 113 Å². The van der Waals surface area contributed by atoms with Gasteiger partial charge in [-0.05, 0) is 31.0 Å². The molecule has 0 unspecified atom stereocenters. The van der Waals surface area contributed by atoms with Gasteiger partial charge >= 0.3 is 0 Å². The minimum absolute atomic E-state index is 0.173. The second-order valence-electron chi connectivity index (χ2n) is 4.31. The van der Waals surface area contributed by atoms with Crippen LogP contribution >= 0.6 is 0 Å². The zero-order chi connectivity index (χ0) is 14.1. The van der Waals surface area contributed by atoms with Crippen LogP contribution in [0.4, 0.5) is 10.1 Å². The number of carbonyl (C=O) groups excluding carboxylic acids is 1. The van der Waals surface area contributed by atoms with Crippen LogP contribution < -0.4 is 11.1 Å². The summed E-state index contributed by atoms with van der Waals surface area (Å²) in [5, 5.41) is 2.69. The third-order valence-corrected chi connectivity index (χ3v) is 2.65. The second-order valence-corrected chi connectivity index (χ2v) is 4.31. The van der Waals surface area contributed by atoms with Gasteiger partial charge in [0, 0.05) is 25.4 Å². The highest BCUT2D eigenvalue weighted by atomic mass is 19.1. The monoisotopic (exact) mass is 268 g/mol. The lowest BCUT2D eigenvalue weighted by atomic mass is 10.1. The fourth-order valence-electron chi connectivity index (χ4n) is 1.54. The van der Waals surface area contributed by atoms with E-state index in [2.05, 4.69) is 12.2 Å². The summed E-state index contributed by atoms with van der Waals surface area (Å²) in [6.07, 6.45) is 2.88. The Bertz CT molecular complexity index is 410. The number of benzene rings is 1. The van der Waals surface area contributed by atoms with Crippen molar-refractivity contribution in [2.75, 3.05) is 25.5 Å². The zero-order valence-corrected chi connectivity index (χ0v) is 11.2. The molecule has 5 heteroatoms. The summed E-state index contributed by atoms with van der Waals surface area (Å²) in [4.78, 5) is 11.8. The van der Waals surface area contributed by atoms with Gasteiger partial charge in [-0.25, -0.2) is 4.39 Å². The molecule has 0 heterocycles. The predicted octanol–water partition coefficient (Wildman–Crippen LogP) is 2.34. The maximum atomic E-state index is 13.0. The number of nitrogens with one attached hydrogen (secondary N) is 1. The molecule has 0 bridgehead atoms. The van der Waals surface area contributed by atoms with Crippen LogP contribution in [-0.4, -0.2) is 25.7 Å². The molecule has 0 spiro atoms. The lowest BCUT2D eigenvalue weighted by Gasteiger charge is -2.08. The second kappa shape index (κ2) is 8.48. The first-order chi connectivity index (χ1) is 9.15. The number of hydrogen-bond donors (Lipinski definition) is 2. The van der Waals surface area contributed by atoms with Gasteiger partial charge in [-0.3, -0.25) is 4.79 Å². The molecule has 106 valence electrons. The van der Waals surface area contributed by atoms with Crippen LogP contribution in [-0.2, 0) is 4.74 Å². The van der Waals surface area contributed by atoms with Gasteiger partial charge in [-0.1, -0.05) is 13.3 Å². The fourth-order valence-corrected chi connectivity index (χ4v) is 1.54. The van der Waals surface area contributed by atoms with E-state index in [0.29, 0.717) is 13.2 Å². The summed E-state index contributed by atoms with van der Waals surface area (Å²) in [6, 6.07) is 3.76. The fraction of sp³-hybridized carbons (Fsp3) is 0.500. The Hall–Kier alpha value is -1.62. The number of nitrogens with two attached hydrogens (primary N) is 1. The number of ether oxygens (including phenoxy) is 1. The molecule has 0 atom stereocenters. The van der Waals surface area contributed by atoms with Gasteiger partial charge in [-0.2, -0.15) is 0 Å². The average Bonchev–Trinajstić information content (AvgIpc) is 2.40. The Balaban J connectivity index is 2.26. The van der Waals surface area contributed by atoms with Crippen LogP contribution in [0.5, 0.6) is 0 Å². The summed E-state index contributed by atoms with van der Waals surface area (Å²) in [5.41, 5.74) is 6.07. The molecule has 1 rings (SSSR count). The third-order valence-electron chi connectivity index (χ3n) is 2.65. The molecule has 19 heavy (non-hydrogen) atoms. The van der Waals surface area contributed by atoms with E-state index >= 15 is 0 Å². The molecule has 4 nitrogen and oxygen atoms in total. The van der Waals surface area contributed by atoms with E-state index in [4.69, 9.17) is 10.5 Å². The quantitative estimate of drug-likeness (QED) is 0.562. The molecule has 0 aliphatic carbocycles. The molecule has 1 aromatic rings. The molecule has 0 saturated heterocycles.